The summed E-state index contributed by atoms with van der Waals surface area (Å²) in [5, 5.41) is 9.73. The normalized spacial score (nSPS) is 16.0. The van der Waals surface area contributed by atoms with Crippen molar-refractivity contribution in [1.29, 1.82) is 0 Å². The number of amides is 1. The molecule has 18 heavy (non-hydrogen) atoms. The van der Waals surface area contributed by atoms with Crippen molar-refractivity contribution in [1.82, 2.24) is 15.5 Å². The maximum atomic E-state index is 12.0. The van der Waals surface area contributed by atoms with Gasteiger partial charge < -0.3 is 11.1 Å². The lowest BCUT2D eigenvalue weighted by Crippen LogP contribution is -2.34. The Bertz CT molecular complexity index is 482. The molecule has 96 valence electrons. The first-order valence-corrected chi connectivity index (χ1v) is 6.25. The van der Waals surface area contributed by atoms with Crippen molar-refractivity contribution in [3.63, 3.8) is 0 Å². The second kappa shape index (κ2) is 5.13. The molecular formula is C13H18N4O. The minimum atomic E-state index is -0.252. The number of terminal acetylenes is 1. The van der Waals surface area contributed by atoms with Crippen molar-refractivity contribution < 1.29 is 4.79 Å². The van der Waals surface area contributed by atoms with E-state index in [0.29, 0.717) is 18.0 Å². The van der Waals surface area contributed by atoms with Crippen molar-refractivity contribution >= 4 is 11.6 Å². The first-order valence-electron chi connectivity index (χ1n) is 6.25. The Morgan fingerprint density at radius 1 is 1.72 bits per heavy atom. The number of nitrogens with one attached hydrogen (secondary N) is 2. The van der Waals surface area contributed by atoms with Gasteiger partial charge in [0.05, 0.1) is 11.4 Å². The summed E-state index contributed by atoms with van der Waals surface area (Å²) in [6.45, 7) is 1.98. The van der Waals surface area contributed by atoms with Crippen LogP contribution >= 0.6 is 0 Å². The molecule has 1 heterocycles. The van der Waals surface area contributed by atoms with Crippen LogP contribution in [0.15, 0.2) is 0 Å². The van der Waals surface area contributed by atoms with E-state index in [9.17, 15) is 4.79 Å². The summed E-state index contributed by atoms with van der Waals surface area (Å²) in [6, 6.07) is -0.0250. The molecule has 0 bridgehead atoms. The number of H-pyrrole nitrogens is 1. The maximum absolute atomic E-state index is 12.0. The number of aromatic nitrogens is 2. The fourth-order valence-corrected chi connectivity index (χ4v) is 1.91. The van der Waals surface area contributed by atoms with Gasteiger partial charge >= 0.3 is 0 Å². The Morgan fingerprint density at radius 2 is 2.44 bits per heavy atom. The summed E-state index contributed by atoms with van der Waals surface area (Å²) >= 11 is 0. The Hall–Kier alpha value is -1.96. The molecule has 5 nitrogen and oxygen atoms in total. The quantitative estimate of drug-likeness (QED) is 0.687. The molecule has 1 aromatic heterocycles. The van der Waals surface area contributed by atoms with Crippen LogP contribution in [0.4, 0.5) is 5.69 Å². The summed E-state index contributed by atoms with van der Waals surface area (Å²) in [5.41, 5.74) is 7.60. The Labute approximate surface area is 107 Å². The van der Waals surface area contributed by atoms with Gasteiger partial charge in [-0.05, 0) is 19.3 Å². The third-order valence-corrected chi connectivity index (χ3v) is 3.23. The summed E-state index contributed by atoms with van der Waals surface area (Å²) in [6.07, 6.45) is 8.78. The number of anilines is 1. The highest BCUT2D eigenvalue weighted by Crippen LogP contribution is 2.42. The van der Waals surface area contributed by atoms with Gasteiger partial charge in [-0.25, -0.2) is 0 Å². The molecule has 1 aliphatic carbocycles. The summed E-state index contributed by atoms with van der Waals surface area (Å²) in [7, 11) is 0. The van der Waals surface area contributed by atoms with E-state index in [1.165, 1.54) is 0 Å². The fourth-order valence-electron chi connectivity index (χ4n) is 1.91. The third kappa shape index (κ3) is 2.48. The van der Waals surface area contributed by atoms with Gasteiger partial charge in [-0.15, -0.1) is 12.3 Å². The van der Waals surface area contributed by atoms with Crippen molar-refractivity contribution in [3.8, 4) is 12.3 Å². The van der Waals surface area contributed by atoms with Crippen LogP contribution in [-0.4, -0.2) is 22.1 Å². The molecule has 1 amide bonds. The van der Waals surface area contributed by atoms with Gasteiger partial charge in [0.1, 0.15) is 0 Å². The number of nitrogens with two attached hydrogens (primary N) is 1. The van der Waals surface area contributed by atoms with Gasteiger partial charge in [0.2, 0.25) is 0 Å². The van der Waals surface area contributed by atoms with Gasteiger partial charge in [-0.3, -0.25) is 9.89 Å². The highest BCUT2D eigenvalue weighted by Gasteiger charge is 2.30. The number of rotatable bonds is 5. The summed E-state index contributed by atoms with van der Waals surface area (Å²) in [4.78, 5) is 12.0. The van der Waals surface area contributed by atoms with Crippen molar-refractivity contribution in [3.05, 3.63) is 11.4 Å². The zero-order valence-electron chi connectivity index (χ0n) is 10.5. The largest absolute Gasteiger partial charge is 0.395 e. The van der Waals surface area contributed by atoms with E-state index in [4.69, 9.17) is 12.2 Å². The molecule has 1 aromatic rings. The van der Waals surface area contributed by atoms with Crippen LogP contribution in [0, 0.1) is 12.3 Å². The van der Waals surface area contributed by atoms with Crippen LogP contribution < -0.4 is 11.1 Å². The van der Waals surface area contributed by atoms with Crippen molar-refractivity contribution in [2.45, 2.75) is 44.6 Å². The van der Waals surface area contributed by atoms with E-state index in [1.54, 1.807) is 0 Å². The molecule has 2 rings (SSSR count). The van der Waals surface area contributed by atoms with E-state index in [0.717, 1.165) is 25.0 Å². The van der Waals surface area contributed by atoms with Crippen LogP contribution in [0.1, 0.15) is 54.7 Å². The van der Waals surface area contributed by atoms with Crippen LogP contribution in [0.25, 0.3) is 0 Å². The van der Waals surface area contributed by atoms with Crippen LogP contribution in [0.2, 0.25) is 0 Å². The molecule has 4 N–H and O–H groups in total. The standard InChI is InChI=1S/C13H18N4O/c1-3-5-9(4-2)15-13(18)12-10(14)11(16-17-12)8-6-7-8/h1,8-9H,4-7,14H2,2H3,(H,15,18)(H,16,17). The molecule has 1 saturated carbocycles. The maximum Gasteiger partial charge on any atom is 0.274 e. The number of hydrogen-bond acceptors (Lipinski definition) is 3. The zero-order valence-corrected chi connectivity index (χ0v) is 10.5. The van der Waals surface area contributed by atoms with Crippen molar-refractivity contribution in [2.75, 3.05) is 5.73 Å². The number of nitrogens with zero attached hydrogens (tertiary/aromatic N) is 1. The molecule has 5 heteroatoms. The zero-order chi connectivity index (χ0) is 13.1. The van der Waals surface area contributed by atoms with Crippen molar-refractivity contribution in [2.24, 2.45) is 0 Å². The number of hydrogen-bond donors (Lipinski definition) is 3. The molecule has 0 saturated heterocycles. The fraction of sp³-hybridized carbons (Fsp3) is 0.538. The SMILES string of the molecule is C#CCC(CC)NC(=O)c1n[nH]c(C2CC2)c1N. The summed E-state index contributed by atoms with van der Waals surface area (Å²) in [5.74, 6) is 2.75. The molecule has 0 spiro atoms. The minimum Gasteiger partial charge on any atom is -0.395 e. The van der Waals surface area contributed by atoms with E-state index in [-0.39, 0.29) is 17.6 Å². The topological polar surface area (TPSA) is 83.8 Å². The van der Waals surface area contributed by atoms with E-state index < -0.39 is 0 Å². The smallest absolute Gasteiger partial charge is 0.274 e. The molecular weight excluding hydrogens is 228 g/mol. The summed E-state index contributed by atoms with van der Waals surface area (Å²) < 4.78 is 0. The molecule has 0 aromatic carbocycles. The first-order chi connectivity index (χ1) is 8.67. The Kier molecular flexibility index (Phi) is 3.56. The van der Waals surface area contributed by atoms with E-state index in [1.807, 2.05) is 6.92 Å². The lowest BCUT2D eigenvalue weighted by atomic mass is 10.1. The van der Waals surface area contributed by atoms with Crippen LogP contribution in [0.5, 0.6) is 0 Å². The van der Waals surface area contributed by atoms with Gasteiger partial charge in [0.25, 0.3) is 5.91 Å². The predicted molar refractivity (Wildman–Crippen MR) is 70.0 cm³/mol. The monoisotopic (exact) mass is 246 g/mol. The van der Waals surface area contributed by atoms with E-state index >= 15 is 0 Å². The average Bonchev–Trinajstić information content (AvgIpc) is 3.12. The molecule has 1 atom stereocenters. The Morgan fingerprint density at radius 3 is 3.00 bits per heavy atom. The second-order valence-corrected chi connectivity index (χ2v) is 4.66. The van der Waals surface area contributed by atoms with Gasteiger partial charge in [0.15, 0.2) is 5.69 Å². The second-order valence-electron chi connectivity index (χ2n) is 4.66. The minimum absolute atomic E-state index is 0.0250. The van der Waals surface area contributed by atoms with Crippen LogP contribution in [0.3, 0.4) is 0 Å². The van der Waals surface area contributed by atoms with Gasteiger partial charge in [0, 0.05) is 18.4 Å². The molecule has 0 aliphatic heterocycles. The number of aromatic amines is 1. The third-order valence-electron chi connectivity index (χ3n) is 3.23. The van der Waals surface area contributed by atoms with E-state index in [2.05, 4.69) is 21.4 Å². The molecule has 1 aliphatic rings. The first kappa shape index (κ1) is 12.5. The highest BCUT2D eigenvalue weighted by atomic mass is 16.2. The van der Waals surface area contributed by atoms with Crippen LogP contribution in [-0.2, 0) is 0 Å². The predicted octanol–water partition coefficient (Wildman–Crippen LogP) is 1.40. The lowest BCUT2D eigenvalue weighted by Gasteiger charge is -2.13. The molecule has 1 unspecified atom stereocenters. The number of nitrogen functional groups attached to an aromatic ring is 1. The lowest BCUT2D eigenvalue weighted by molar-refractivity contribution is 0.0932. The Balaban J connectivity index is 2.06. The average molecular weight is 246 g/mol. The highest BCUT2D eigenvalue weighted by molar-refractivity contribution is 5.97. The number of carbonyl (C=O) groups excluding carboxylic acids is 1. The number of carbonyl (C=O) groups is 1. The van der Waals surface area contributed by atoms with Gasteiger partial charge in [-0.2, -0.15) is 5.10 Å². The molecule has 1 fully saturated rings. The molecule has 0 radical (unpaired) electrons. The van der Waals surface area contributed by atoms with Gasteiger partial charge in [-0.1, -0.05) is 6.92 Å².